The first-order valence-corrected chi connectivity index (χ1v) is 9.07. The summed E-state index contributed by atoms with van der Waals surface area (Å²) >= 11 is 0. The van der Waals surface area contributed by atoms with Crippen molar-refractivity contribution in [2.75, 3.05) is 26.7 Å². The molecule has 0 aliphatic carbocycles. The van der Waals surface area contributed by atoms with Crippen molar-refractivity contribution in [3.63, 3.8) is 0 Å². The second kappa shape index (κ2) is 11.3. The van der Waals surface area contributed by atoms with E-state index in [0.29, 0.717) is 38.6 Å². The molecule has 0 fully saturated rings. The number of rotatable bonds is 8. The highest BCUT2D eigenvalue weighted by Crippen LogP contribution is 2.18. The minimum absolute atomic E-state index is 0.251. The van der Waals surface area contributed by atoms with E-state index in [0.717, 1.165) is 5.56 Å². The summed E-state index contributed by atoms with van der Waals surface area (Å²) in [6, 6.07) is 4.86. The van der Waals surface area contributed by atoms with E-state index in [1.807, 2.05) is 27.7 Å². The molecule has 27 heavy (non-hydrogen) atoms. The third-order valence-electron chi connectivity index (χ3n) is 3.29. The minimum Gasteiger partial charge on any atom is -0.491 e. The molecule has 0 atom stereocenters. The van der Waals surface area contributed by atoms with Crippen LogP contribution in [0, 0.1) is 5.82 Å². The predicted molar refractivity (Wildman–Crippen MR) is 105 cm³/mol. The van der Waals surface area contributed by atoms with Gasteiger partial charge in [0.1, 0.15) is 5.60 Å². The molecule has 0 bridgehead atoms. The fraction of sp³-hybridized carbons (Fsp3) is 0.579. The summed E-state index contributed by atoms with van der Waals surface area (Å²) in [6.45, 7) is 9.23. The van der Waals surface area contributed by atoms with Crippen LogP contribution in [0.2, 0.25) is 0 Å². The van der Waals surface area contributed by atoms with E-state index in [-0.39, 0.29) is 11.6 Å². The number of nitrogens with one attached hydrogen (secondary N) is 3. The van der Waals surface area contributed by atoms with Gasteiger partial charge in [-0.05, 0) is 51.8 Å². The molecule has 152 valence electrons. The Bertz CT molecular complexity index is 630. The predicted octanol–water partition coefficient (Wildman–Crippen LogP) is 2.80. The van der Waals surface area contributed by atoms with Crippen molar-refractivity contribution < 1.29 is 18.7 Å². The van der Waals surface area contributed by atoms with E-state index in [1.165, 1.54) is 6.07 Å². The quantitative estimate of drug-likeness (QED) is 0.366. The van der Waals surface area contributed by atoms with Crippen molar-refractivity contribution in [1.29, 1.82) is 0 Å². The zero-order valence-corrected chi connectivity index (χ0v) is 16.8. The maximum Gasteiger partial charge on any atom is 0.407 e. The Morgan fingerprint density at radius 1 is 1.19 bits per heavy atom. The van der Waals surface area contributed by atoms with Crippen molar-refractivity contribution in [3.05, 3.63) is 29.6 Å². The van der Waals surface area contributed by atoms with E-state index >= 15 is 0 Å². The second-order valence-corrected chi connectivity index (χ2v) is 6.83. The van der Waals surface area contributed by atoms with Gasteiger partial charge in [0, 0.05) is 26.7 Å². The number of hydrogen-bond acceptors (Lipinski definition) is 4. The van der Waals surface area contributed by atoms with Gasteiger partial charge in [0.05, 0.1) is 6.61 Å². The van der Waals surface area contributed by atoms with Gasteiger partial charge in [0.2, 0.25) is 0 Å². The number of halogens is 1. The molecular weight excluding hydrogens is 351 g/mol. The molecule has 0 spiro atoms. The Morgan fingerprint density at radius 3 is 2.48 bits per heavy atom. The van der Waals surface area contributed by atoms with E-state index in [4.69, 9.17) is 9.47 Å². The Morgan fingerprint density at radius 2 is 1.89 bits per heavy atom. The number of alkyl carbamates (subject to hydrolysis) is 1. The molecule has 1 aromatic rings. The smallest absolute Gasteiger partial charge is 0.407 e. The first kappa shape index (κ1) is 22.5. The van der Waals surface area contributed by atoms with Crippen LogP contribution >= 0.6 is 0 Å². The molecular formula is C19H31FN4O3. The van der Waals surface area contributed by atoms with Gasteiger partial charge in [0.15, 0.2) is 17.5 Å². The monoisotopic (exact) mass is 382 g/mol. The largest absolute Gasteiger partial charge is 0.491 e. The number of aliphatic imine (C=N–C) groups is 1. The second-order valence-electron chi connectivity index (χ2n) is 6.83. The molecule has 0 saturated carbocycles. The fourth-order valence-corrected chi connectivity index (χ4v) is 2.13. The summed E-state index contributed by atoms with van der Waals surface area (Å²) in [5.41, 5.74) is 0.278. The standard InChI is InChI=1S/C19H31FN4O3/c1-6-26-16-9-8-14(12-15(16)20)13-24-17(21-5)22-10-7-11-23-18(25)27-19(2,3)4/h8-9,12H,6-7,10-11,13H2,1-5H3,(H,23,25)(H2,21,22,24). The summed E-state index contributed by atoms with van der Waals surface area (Å²) in [4.78, 5) is 15.7. The lowest BCUT2D eigenvalue weighted by molar-refractivity contribution is 0.0527. The van der Waals surface area contributed by atoms with Crippen molar-refractivity contribution in [2.45, 2.75) is 46.3 Å². The SMILES string of the molecule is CCOc1ccc(CNC(=NC)NCCCNC(=O)OC(C)(C)C)cc1F. The minimum atomic E-state index is -0.505. The Kier molecular flexibility index (Phi) is 9.39. The summed E-state index contributed by atoms with van der Waals surface area (Å²) in [5.74, 6) is 0.468. The number of nitrogens with zero attached hydrogens (tertiary/aromatic N) is 1. The summed E-state index contributed by atoms with van der Waals surface area (Å²) in [6.07, 6.45) is 0.278. The number of amides is 1. The molecule has 0 radical (unpaired) electrons. The Balaban J connectivity index is 2.29. The van der Waals surface area contributed by atoms with Crippen LogP contribution in [-0.4, -0.2) is 44.4 Å². The van der Waals surface area contributed by atoms with Crippen LogP contribution in [0.5, 0.6) is 5.75 Å². The molecule has 0 heterocycles. The molecule has 7 nitrogen and oxygen atoms in total. The van der Waals surface area contributed by atoms with Crippen LogP contribution in [0.1, 0.15) is 39.7 Å². The van der Waals surface area contributed by atoms with E-state index < -0.39 is 11.7 Å². The van der Waals surface area contributed by atoms with Crippen molar-refractivity contribution >= 4 is 12.1 Å². The number of benzene rings is 1. The van der Waals surface area contributed by atoms with Crippen LogP contribution in [-0.2, 0) is 11.3 Å². The Hall–Kier alpha value is -2.51. The summed E-state index contributed by atoms with van der Waals surface area (Å²) in [7, 11) is 1.66. The van der Waals surface area contributed by atoms with E-state index in [9.17, 15) is 9.18 Å². The molecule has 0 aliphatic rings. The van der Waals surface area contributed by atoms with Gasteiger partial charge in [-0.1, -0.05) is 6.07 Å². The summed E-state index contributed by atoms with van der Waals surface area (Å²) < 4.78 is 24.2. The highest BCUT2D eigenvalue weighted by molar-refractivity contribution is 5.79. The third kappa shape index (κ3) is 9.67. The first-order valence-electron chi connectivity index (χ1n) is 9.07. The van der Waals surface area contributed by atoms with Gasteiger partial charge in [-0.2, -0.15) is 0 Å². The molecule has 0 saturated heterocycles. The number of hydrogen-bond donors (Lipinski definition) is 3. The van der Waals surface area contributed by atoms with Crippen LogP contribution < -0.4 is 20.7 Å². The molecule has 8 heteroatoms. The Labute approximate surface area is 160 Å². The molecule has 3 N–H and O–H groups in total. The van der Waals surface area contributed by atoms with Gasteiger partial charge < -0.3 is 25.4 Å². The summed E-state index contributed by atoms with van der Waals surface area (Å²) in [5, 5.41) is 8.95. The number of carbonyl (C=O) groups excluding carboxylic acids is 1. The number of carbonyl (C=O) groups is 1. The van der Waals surface area contributed by atoms with Crippen LogP contribution in [0.4, 0.5) is 9.18 Å². The topological polar surface area (TPSA) is 84.0 Å². The van der Waals surface area contributed by atoms with Crippen molar-refractivity contribution in [3.8, 4) is 5.75 Å². The van der Waals surface area contributed by atoms with Gasteiger partial charge in [-0.3, -0.25) is 4.99 Å². The normalized spacial score (nSPS) is 11.7. The van der Waals surface area contributed by atoms with Crippen molar-refractivity contribution in [2.24, 2.45) is 4.99 Å². The van der Waals surface area contributed by atoms with Gasteiger partial charge in [0.25, 0.3) is 0 Å². The maximum atomic E-state index is 13.9. The average Bonchev–Trinajstić information content (AvgIpc) is 2.58. The fourth-order valence-electron chi connectivity index (χ4n) is 2.13. The molecule has 1 aromatic carbocycles. The maximum absolute atomic E-state index is 13.9. The van der Waals surface area contributed by atoms with Gasteiger partial charge in [-0.15, -0.1) is 0 Å². The lowest BCUT2D eigenvalue weighted by atomic mass is 10.2. The molecule has 0 aromatic heterocycles. The molecule has 0 aliphatic heterocycles. The lowest BCUT2D eigenvalue weighted by Gasteiger charge is -2.19. The molecule has 0 unspecified atom stereocenters. The third-order valence-corrected chi connectivity index (χ3v) is 3.29. The van der Waals surface area contributed by atoms with Crippen LogP contribution in [0.25, 0.3) is 0 Å². The average molecular weight is 382 g/mol. The highest BCUT2D eigenvalue weighted by Gasteiger charge is 2.15. The first-order chi connectivity index (χ1) is 12.7. The molecule has 1 rings (SSSR count). The highest BCUT2D eigenvalue weighted by atomic mass is 19.1. The number of guanidine groups is 1. The zero-order valence-electron chi connectivity index (χ0n) is 16.8. The number of ether oxygens (including phenoxy) is 2. The van der Waals surface area contributed by atoms with Crippen LogP contribution in [0.15, 0.2) is 23.2 Å². The van der Waals surface area contributed by atoms with Gasteiger partial charge >= 0.3 is 6.09 Å². The molecule has 1 amide bonds. The van der Waals surface area contributed by atoms with Gasteiger partial charge in [-0.25, -0.2) is 9.18 Å². The lowest BCUT2D eigenvalue weighted by Crippen LogP contribution is -2.39. The van der Waals surface area contributed by atoms with E-state index in [2.05, 4.69) is 20.9 Å². The zero-order chi connectivity index (χ0) is 20.3. The van der Waals surface area contributed by atoms with Crippen molar-refractivity contribution in [1.82, 2.24) is 16.0 Å². The van der Waals surface area contributed by atoms with Crippen LogP contribution in [0.3, 0.4) is 0 Å². The van der Waals surface area contributed by atoms with E-state index in [1.54, 1.807) is 19.2 Å².